The minimum absolute atomic E-state index is 0.00879. The highest BCUT2D eigenvalue weighted by Gasteiger charge is 2.07. The van der Waals surface area contributed by atoms with Crippen molar-refractivity contribution in [1.82, 2.24) is 4.98 Å². The van der Waals surface area contributed by atoms with Crippen LogP contribution in [-0.2, 0) is 6.42 Å². The van der Waals surface area contributed by atoms with Gasteiger partial charge in [0.15, 0.2) is 11.6 Å². The highest BCUT2D eigenvalue weighted by atomic mass is 19.1. The third-order valence-electron chi connectivity index (χ3n) is 2.42. The fourth-order valence-corrected chi connectivity index (χ4v) is 1.66. The highest BCUT2D eigenvalue weighted by Crippen LogP contribution is 2.24. The van der Waals surface area contributed by atoms with Crippen LogP contribution in [0.4, 0.5) is 4.39 Å². The number of ether oxygens (including phenoxy) is 1. The summed E-state index contributed by atoms with van der Waals surface area (Å²) in [4.78, 5) is 3.90. The van der Waals surface area contributed by atoms with Gasteiger partial charge in [0.05, 0.1) is 6.20 Å². The van der Waals surface area contributed by atoms with E-state index in [1.807, 2.05) is 13.0 Å². The lowest BCUT2D eigenvalue weighted by Gasteiger charge is -2.09. The van der Waals surface area contributed by atoms with Gasteiger partial charge >= 0.3 is 0 Å². The largest absolute Gasteiger partial charge is 0.453 e. The molecule has 0 saturated heterocycles. The van der Waals surface area contributed by atoms with E-state index in [4.69, 9.17) is 10.5 Å². The molecule has 3 nitrogen and oxygen atoms in total. The first-order valence-electron chi connectivity index (χ1n) is 5.77. The fraction of sp³-hybridized carbons (Fsp3) is 0.214. The Hall–Kier alpha value is -1.94. The lowest BCUT2D eigenvalue weighted by Crippen LogP contribution is -2.17. The molecule has 0 aliphatic rings. The van der Waals surface area contributed by atoms with Gasteiger partial charge < -0.3 is 10.5 Å². The summed E-state index contributed by atoms with van der Waals surface area (Å²) in [6.07, 6.45) is 3.81. The molecule has 2 N–H and O–H groups in total. The minimum Gasteiger partial charge on any atom is -0.453 e. The Kier molecular flexibility index (Phi) is 3.89. The molecule has 0 fully saturated rings. The molecule has 2 rings (SSSR count). The van der Waals surface area contributed by atoms with Crippen molar-refractivity contribution in [3.05, 3.63) is 54.1 Å². The van der Waals surface area contributed by atoms with Crippen LogP contribution in [0.3, 0.4) is 0 Å². The molecule has 0 aliphatic heterocycles. The zero-order valence-electron chi connectivity index (χ0n) is 10.1. The van der Waals surface area contributed by atoms with E-state index in [1.165, 1.54) is 12.3 Å². The quantitative estimate of drug-likeness (QED) is 0.902. The van der Waals surface area contributed by atoms with Gasteiger partial charge in [-0.3, -0.25) is 4.98 Å². The molecule has 94 valence electrons. The average Bonchev–Trinajstić information content (AvgIpc) is 2.33. The molecule has 2 aromatic rings. The summed E-state index contributed by atoms with van der Waals surface area (Å²) in [5.41, 5.74) is 6.54. The number of rotatable bonds is 4. The molecule has 18 heavy (non-hydrogen) atoms. The van der Waals surface area contributed by atoms with Gasteiger partial charge in [-0.1, -0.05) is 6.07 Å². The second kappa shape index (κ2) is 5.60. The van der Waals surface area contributed by atoms with Crippen molar-refractivity contribution in [2.45, 2.75) is 19.4 Å². The molecular weight excluding hydrogens is 231 g/mol. The van der Waals surface area contributed by atoms with Crippen LogP contribution < -0.4 is 10.5 Å². The molecule has 1 aromatic heterocycles. The fourth-order valence-electron chi connectivity index (χ4n) is 1.66. The van der Waals surface area contributed by atoms with Crippen LogP contribution in [0, 0.1) is 5.82 Å². The lowest BCUT2D eigenvalue weighted by atomic mass is 10.1. The summed E-state index contributed by atoms with van der Waals surface area (Å²) in [6, 6.07) is 8.35. The third kappa shape index (κ3) is 3.28. The second-order valence-electron chi connectivity index (χ2n) is 4.24. The third-order valence-corrected chi connectivity index (χ3v) is 2.42. The van der Waals surface area contributed by atoms with Crippen LogP contribution in [0.25, 0.3) is 0 Å². The van der Waals surface area contributed by atoms with Gasteiger partial charge in [0.25, 0.3) is 0 Å². The van der Waals surface area contributed by atoms with Crippen LogP contribution in [0.2, 0.25) is 0 Å². The normalized spacial score (nSPS) is 12.2. The standard InChI is InChI=1S/C14H15FN2O/c1-10(16)7-11-4-5-14(13(15)8-11)18-12-3-2-6-17-9-12/h2-6,8-10H,7,16H2,1H3. The van der Waals surface area contributed by atoms with Crippen molar-refractivity contribution in [3.63, 3.8) is 0 Å². The number of nitrogens with zero attached hydrogens (tertiary/aromatic N) is 1. The summed E-state index contributed by atoms with van der Waals surface area (Å²) in [6.45, 7) is 1.89. The van der Waals surface area contributed by atoms with E-state index in [0.29, 0.717) is 12.2 Å². The maximum absolute atomic E-state index is 13.8. The first kappa shape index (κ1) is 12.5. The van der Waals surface area contributed by atoms with Crippen molar-refractivity contribution in [2.24, 2.45) is 5.73 Å². The van der Waals surface area contributed by atoms with E-state index in [0.717, 1.165) is 5.56 Å². The van der Waals surface area contributed by atoms with Crippen LogP contribution in [-0.4, -0.2) is 11.0 Å². The minimum atomic E-state index is -0.392. The molecule has 0 radical (unpaired) electrons. The van der Waals surface area contributed by atoms with Gasteiger partial charge in [-0.25, -0.2) is 4.39 Å². The maximum Gasteiger partial charge on any atom is 0.165 e. The SMILES string of the molecule is CC(N)Cc1ccc(Oc2cccnc2)c(F)c1. The van der Waals surface area contributed by atoms with Gasteiger partial charge in [0.2, 0.25) is 0 Å². The molecule has 1 atom stereocenters. The smallest absolute Gasteiger partial charge is 0.165 e. The van der Waals surface area contributed by atoms with E-state index in [-0.39, 0.29) is 11.8 Å². The zero-order valence-corrected chi connectivity index (χ0v) is 10.1. The Morgan fingerprint density at radius 3 is 2.83 bits per heavy atom. The lowest BCUT2D eigenvalue weighted by molar-refractivity contribution is 0.440. The Balaban J connectivity index is 2.15. The zero-order chi connectivity index (χ0) is 13.0. The van der Waals surface area contributed by atoms with Gasteiger partial charge in [0, 0.05) is 12.2 Å². The molecule has 1 heterocycles. The number of halogens is 1. The first-order chi connectivity index (χ1) is 8.65. The van der Waals surface area contributed by atoms with Crippen LogP contribution in [0.5, 0.6) is 11.5 Å². The van der Waals surface area contributed by atoms with Crippen molar-refractivity contribution >= 4 is 0 Å². The van der Waals surface area contributed by atoms with Crippen LogP contribution in [0.1, 0.15) is 12.5 Å². The van der Waals surface area contributed by atoms with Gasteiger partial charge in [0.1, 0.15) is 5.75 Å². The summed E-state index contributed by atoms with van der Waals surface area (Å²) >= 11 is 0. The van der Waals surface area contributed by atoms with Crippen molar-refractivity contribution < 1.29 is 9.13 Å². The molecule has 0 bridgehead atoms. The average molecular weight is 246 g/mol. The van der Waals surface area contributed by atoms with Gasteiger partial charge in [-0.05, 0) is 43.2 Å². The van der Waals surface area contributed by atoms with Gasteiger partial charge in [-0.15, -0.1) is 0 Å². The summed E-state index contributed by atoms with van der Waals surface area (Å²) in [5, 5.41) is 0. The number of aromatic nitrogens is 1. The van der Waals surface area contributed by atoms with Crippen molar-refractivity contribution in [3.8, 4) is 11.5 Å². The maximum atomic E-state index is 13.8. The predicted octanol–water partition coefficient (Wildman–Crippen LogP) is 2.90. The van der Waals surface area contributed by atoms with Crippen molar-refractivity contribution in [2.75, 3.05) is 0 Å². The van der Waals surface area contributed by atoms with E-state index in [2.05, 4.69) is 4.98 Å². The number of nitrogens with two attached hydrogens (primary N) is 1. The van der Waals surface area contributed by atoms with Crippen molar-refractivity contribution in [1.29, 1.82) is 0 Å². The van der Waals surface area contributed by atoms with E-state index in [9.17, 15) is 4.39 Å². The number of pyridine rings is 1. The second-order valence-corrected chi connectivity index (χ2v) is 4.24. The molecular formula is C14H15FN2O. The number of hydrogen-bond acceptors (Lipinski definition) is 3. The molecule has 1 aromatic carbocycles. The number of hydrogen-bond donors (Lipinski definition) is 1. The summed E-state index contributed by atoms with van der Waals surface area (Å²) in [7, 11) is 0. The molecule has 0 saturated carbocycles. The predicted molar refractivity (Wildman–Crippen MR) is 68.1 cm³/mol. The van der Waals surface area contributed by atoms with Crippen LogP contribution in [0.15, 0.2) is 42.7 Å². The van der Waals surface area contributed by atoms with Gasteiger partial charge in [-0.2, -0.15) is 0 Å². The molecule has 1 unspecified atom stereocenters. The Morgan fingerprint density at radius 1 is 1.39 bits per heavy atom. The molecule has 0 aliphatic carbocycles. The summed E-state index contributed by atoms with van der Waals surface area (Å²) < 4.78 is 19.2. The number of benzene rings is 1. The Labute approximate surface area is 105 Å². The molecule has 4 heteroatoms. The summed E-state index contributed by atoms with van der Waals surface area (Å²) in [5.74, 6) is 0.310. The Bertz CT molecular complexity index is 514. The van der Waals surface area contributed by atoms with Crippen LogP contribution >= 0.6 is 0 Å². The van der Waals surface area contributed by atoms with E-state index < -0.39 is 5.82 Å². The first-order valence-corrected chi connectivity index (χ1v) is 5.77. The van der Waals surface area contributed by atoms with E-state index >= 15 is 0 Å². The molecule has 0 spiro atoms. The highest BCUT2D eigenvalue weighted by molar-refractivity contribution is 5.33. The monoisotopic (exact) mass is 246 g/mol. The van der Waals surface area contributed by atoms with E-state index in [1.54, 1.807) is 24.4 Å². The Morgan fingerprint density at radius 2 is 2.22 bits per heavy atom. The molecule has 0 amide bonds. The topological polar surface area (TPSA) is 48.1 Å².